The van der Waals surface area contributed by atoms with Gasteiger partial charge in [-0.05, 0) is 12.8 Å². The highest BCUT2D eigenvalue weighted by Gasteiger charge is 2.26. The van der Waals surface area contributed by atoms with Crippen molar-refractivity contribution in [2.24, 2.45) is 0 Å². The molecule has 1 aromatic heterocycles. The molecule has 1 nitrogen and oxygen atoms in total. The summed E-state index contributed by atoms with van der Waals surface area (Å²) in [5.74, 6) is 3.96. The van der Waals surface area contributed by atoms with Gasteiger partial charge >= 0.3 is 0 Å². The molecule has 1 aliphatic carbocycles. The molecule has 1 saturated carbocycles. The fourth-order valence-electron chi connectivity index (χ4n) is 1.11. The van der Waals surface area contributed by atoms with E-state index in [1.54, 1.807) is 11.3 Å². The van der Waals surface area contributed by atoms with E-state index in [-0.39, 0.29) is 0 Å². The van der Waals surface area contributed by atoms with Crippen LogP contribution in [0.4, 0.5) is 0 Å². The Bertz CT molecular complexity index is 387. The maximum absolute atomic E-state index is 4.54. The van der Waals surface area contributed by atoms with Crippen molar-refractivity contribution in [1.29, 1.82) is 0 Å². The fraction of sp³-hybridized carbons (Fsp3) is 0.545. The van der Waals surface area contributed by atoms with Crippen LogP contribution in [0.1, 0.15) is 29.5 Å². The summed E-state index contributed by atoms with van der Waals surface area (Å²) < 4.78 is 0. The van der Waals surface area contributed by atoms with Crippen molar-refractivity contribution in [3.05, 3.63) is 16.1 Å². The first kappa shape index (κ1) is 9.94. The van der Waals surface area contributed by atoms with Gasteiger partial charge in [0, 0.05) is 11.3 Å². The minimum absolute atomic E-state index is 0.766. The van der Waals surface area contributed by atoms with Crippen molar-refractivity contribution in [1.82, 2.24) is 4.98 Å². The largest absolute Gasteiger partial charge is 0.232 e. The summed E-state index contributed by atoms with van der Waals surface area (Å²) in [6, 6.07) is 0. The van der Waals surface area contributed by atoms with Crippen LogP contribution in [0.3, 0.4) is 0 Å². The number of aromatic nitrogens is 1. The molecule has 0 aromatic carbocycles. The minimum Gasteiger partial charge on any atom is -0.232 e. The first-order valence-corrected chi connectivity index (χ1v) is 9.41. The summed E-state index contributed by atoms with van der Waals surface area (Å²) in [5.41, 5.74) is 4.33. The Kier molecular flexibility index (Phi) is 2.50. The molecule has 1 fully saturated rings. The minimum atomic E-state index is -1.24. The van der Waals surface area contributed by atoms with Crippen LogP contribution < -0.4 is 0 Å². The van der Waals surface area contributed by atoms with Crippen molar-refractivity contribution in [2.45, 2.75) is 38.4 Å². The van der Waals surface area contributed by atoms with Crippen molar-refractivity contribution in [3.8, 4) is 11.5 Å². The number of hydrogen-bond donors (Lipinski definition) is 0. The molecule has 3 heteroatoms. The lowest BCUT2D eigenvalue weighted by Gasteiger charge is -2.02. The van der Waals surface area contributed by atoms with Crippen LogP contribution in [0.2, 0.25) is 19.6 Å². The highest BCUT2D eigenvalue weighted by atomic mass is 32.1. The molecule has 14 heavy (non-hydrogen) atoms. The van der Waals surface area contributed by atoms with E-state index < -0.39 is 8.07 Å². The van der Waals surface area contributed by atoms with E-state index in [0.717, 1.165) is 11.6 Å². The molecule has 2 rings (SSSR count). The maximum atomic E-state index is 4.54. The second-order valence-corrected chi connectivity index (χ2v) is 10.5. The van der Waals surface area contributed by atoms with Crippen LogP contribution in [0.15, 0.2) is 5.38 Å². The summed E-state index contributed by atoms with van der Waals surface area (Å²) in [5, 5.41) is 3.39. The van der Waals surface area contributed by atoms with Crippen LogP contribution >= 0.6 is 11.3 Å². The van der Waals surface area contributed by atoms with E-state index in [1.165, 1.54) is 17.8 Å². The number of thiazole rings is 1. The summed E-state index contributed by atoms with van der Waals surface area (Å²) in [6.45, 7) is 6.77. The van der Waals surface area contributed by atoms with Crippen molar-refractivity contribution >= 4 is 19.4 Å². The van der Waals surface area contributed by atoms with E-state index in [9.17, 15) is 0 Å². The third-order valence-corrected chi connectivity index (χ3v) is 3.90. The van der Waals surface area contributed by atoms with Crippen LogP contribution in [-0.2, 0) is 0 Å². The molecular weight excluding hydrogens is 206 g/mol. The van der Waals surface area contributed by atoms with E-state index in [1.807, 2.05) is 0 Å². The van der Waals surface area contributed by atoms with Crippen LogP contribution in [0, 0.1) is 11.5 Å². The third kappa shape index (κ3) is 2.70. The Morgan fingerprint density at radius 3 is 2.71 bits per heavy atom. The molecule has 1 aliphatic rings. The lowest BCUT2D eigenvalue weighted by Crippen LogP contribution is -2.16. The van der Waals surface area contributed by atoms with Gasteiger partial charge in [-0.3, -0.25) is 0 Å². The highest BCUT2D eigenvalue weighted by molar-refractivity contribution is 7.09. The van der Waals surface area contributed by atoms with Gasteiger partial charge in [0.25, 0.3) is 0 Å². The standard InChI is InChI=1S/C11H15NSSi/c1-14(2,3)7-6-10-8-13-11(12-10)9-4-5-9/h8-9H,4-5H2,1-3H3. The summed E-state index contributed by atoms with van der Waals surface area (Å²) >= 11 is 1.77. The van der Waals surface area contributed by atoms with Gasteiger partial charge in [0.1, 0.15) is 13.8 Å². The molecule has 0 radical (unpaired) electrons. The van der Waals surface area contributed by atoms with Gasteiger partial charge in [-0.25, -0.2) is 4.98 Å². The Hall–Kier alpha value is -0.593. The zero-order chi connectivity index (χ0) is 10.2. The first-order chi connectivity index (χ1) is 6.54. The van der Waals surface area contributed by atoms with E-state index in [4.69, 9.17) is 0 Å². The normalized spacial score (nSPS) is 16.2. The summed E-state index contributed by atoms with van der Waals surface area (Å²) in [6.07, 6.45) is 2.66. The fourth-order valence-corrected chi connectivity index (χ4v) is 2.54. The topological polar surface area (TPSA) is 12.9 Å². The second-order valence-electron chi connectivity index (χ2n) is 4.85. The number of hydrogen-bond acceptors (Lipinski definition) is 2. The molecule has 0 atom stereocenters. The van der Waals surface area contributed by atoms with E-state index >= 15 is 0 Å². The lowest BCUT2D eigenvalue weighted by molar-refractivity contribution is 1.08. The van der Waals surface area contributed by atoms with Crippen molar-refractivity contribution in [2.75, 3.05) is 0 Å². The van der Waals surface area contributed by atoms with E-state index in [2.05, 4.69) is 41.5 Å². The van der Waals surface area contributed by atoms with Crippen LogP contribution in [0.5, 0.6) is 0 Å². The second kappa shape index (κ2) is 3.52. The average molecular weight is 221 g/mol. The molecule has 0 amide bonds. The molecular formula is C11H15NSSi. The highest BCUT2D eigenvalue weighted by Crippen LogP contribution is 2.41. The van der Waals surface area contributed by atoms with Crippen molar-refractivity contribution in [3.63, 3.8) is 0 Å². The molecule has 0 N–H and O–H groups in total. The predicted octanol–water partition coefficient (Wildman–Crippen LogP) is 3.25. The molecule has 1 aromatic rings. The smallest absolute Gasteiger partial charge is 0.129 e. The maximum Gasteiger partial charge on any atom is 0.129 e. The summed E-state index contributed by atoms with van der Waals surface area (Å²) in [4.78, 5) is 4.54. The average Bonchev–Trinajstić information content (AvgIpc) is 2.81. The zero-order valence-corrected chi connectivity index (χ0v) is 10.7. The van der Waals surface area contributed by atoms with Gasteiger partial charge in [0.2, 0.25) is 0 Å². The number of rotatable bonds is 1. The molecule has 0 aliphatic heterocycles. The van der Waals surface area contributed by atoms with Gasteiger partial charge in [-0.1, -0.05) is 25.6 Å². The Balaban J connectivity index is 2.11. The molecule has 0 bridgehead atoms. The lowest BCUT2D eigenvalue weighted by atomic mass is 10.4. The molecule has 74 valence electrons. The first-order valence-electron chi connectivity index (χ1n) is 5.03. The van der Waals surface area contributed by atoms with Gasteiger partial charge in [0.15, 0.2) is 0 Å². The molecule has 0 spiro atoms. The predicted molar refractivity (Wildman–Crippen MR) is 64.3 cm³/mol. The number of nitrogens with zero attached hydrogens (tertiary/aromatic N) is 1. The molecule has 1 heterocycles. The zero-order valence-electron chi connectivity index (χ0n) is 8.92. The van der Waals surface area contributed by atoms with Crippen LogP contribution in [-0.4, -0.2) is 13.1 Å². The molecule has 0 unspecified atom stereocenters. The quantitative estimate of drug-likeness (QED) is 0.524. The monoisotopic (exact) mass is 221 g/mol. The van der Waals surface area contributed by atoms with Crippen molar-refractivity contribution < 1.29 is 0 Å². The Labute approximate surface area is 90.6 Å². The van der Waals surface area contributed by atoms with Gasteiger partial charge in [0.05, 0.1) is 5.01 Å². The SMILES string of the molecule is C[Si](C)(C)C#Cc1csc(C2CC2)n1. The van der Waals surface area contributed by atoms with Gasteiger partial charge < -0.3 is 0 Å². The third-order valence-electron chi connectivity index (χ3n) is 2.01. The molecule has 0 saturated heterocycles. The summed E-state index contributed by atoms with van der Waals surface area (Å²) in [7, 11) is -1.24. The van der Waals surface area contributed by atoms with Gasteiger partial charge in [-0.2, -0.15) is 0 Å². The van der Waals surface area contributed by atoms with E-state index in [0.29, 0.717) is 0 Å². The van der Waals surface area contributed by atoms with Gasteiger partial charge in [-0.15, -0.1) is 16.9 Å². The van der Waals surface area contributed by atoms with Crippen LogP contribution in [0.25, 0.3) is 0 Å². The Morgan fingerprint density at radius 1 is 1.43 bits per heavy atom. The Morgan fingerprint density at radius 2 is 2.14 bits per heavy atom.